The molecule has 2 unspecified atom stereocenters. The quantitative estimate of drug-likeness (QED) is 0.506. The van der Waals surface area contributed by atoms with Crippen LogP contribution >= 0.6 is 11.6 Å². The molecule has 0 aromatic heterocycles. The zero-order chi connectivity index (χ0) is 8.34. The molecule has 0 saturated heterocycles. The molecule has 5 atom stereocenters. The Bertz CT molecular complexity index is 197. The minimum absolute atomic E-state index is 0.505. The lowest BCUT2D eigenvalue weighted by atomic mass is 9.50. The standard InChI is InChI=1S/C11H17Cl/c1-11-5-7-2-8(6-11)4-9(3-7)10(11)12/h7-10H,2-6H2,1H3/t7-,8+,9?,10-,11?/m1/s1. The van der Waals surface area contributed by atoms with Crippen molar-refractivity contribution in [2.24, 2.45) is 23.2 Å². The van der Waals surface area contributed by atoms with Crippen LogP contribution in [-0.4, -0.2) is 5.38 Å². The summed E-state index contributed by atoms with van der Waals surface area (Å²) in [5, 5.41) is 0.505. The lowest BCUT2D eigenvalue weighted by molar-refractivity contribution is -0.0361. The first-order valence-electron chi connectivity index (χ1n) is 5.31. The Kier molecular flexibility index (Phi) is 1.41. The van der Waals surface area contributed by atoms with E-state index >= 15 is 0 Å². The molecule has 12 heavy (non-hydrogen) atoms. The van der Waals surface area contributed by atoms with E-state index in [2.05, 4.69) is 6.92 Å². The summed E-state index contributed by atoms with van der Waals surface area (Å²) in [4.78, 5) is 0. The maximum atomic E-state index is 6.51. The van der Waals surface area contributed by atoms with E-state index < -0.39 is 0 Å². The van der Waals surface area contributed by atoms with Gasteiger partial charge >= 0.3 is 0 Å². The number of halogens is 1. The van der Waals surface area contributed by atoms with Crippen LogP contribution in [0.4, 0.5) is 0 Å². The highest BCUT2D eigenvalue weighted by Crippen LogP contribution is 2.61. The van der Waals surface area contributed by atoms with Crippen molar-refractivity contribution in [3.8, 4) is 0 Å². The molecule has 4 fully saturated rings. The molecular formula is C11H17Cl. The van der Waals surface area contributed by atoms with Gasteiger partial charge in [-0.2, -0.15) is 0 Å². The Morgan fingerprint density at radius 3 is 2.17 bits per heavy atom. The van der Waals surface area contributed by atoms with Gasteiger partial charge < -0.3 is 0 Å². The van der Waals surface area contributed by atoms with E-state index in [1.54, 1.807) is 0 Å². The van der Waals surface area contributed by atoms with E-state index in [1.165, 1.54) is 32.1 Å². The molecular weight excluding hydrogens is 168 g/mol. The summed E-state index contributed by atoms with van der Waals surface area (Å²) in [6.45, 7) is 2.43. The molecule has 0 nitrogen and oxygen atoms in total. The van der Waals surface area contributed by atoms with Crippen LogP contribution < -0.4 is 0 Å². The van der Waals surface area contributed by atoms with Crippen molar-refractivity contribution in [3.05, 3.63) is 0 Å². The van der Waals surface area contributed by atoms with Crippen molar-refractivity contribution in [3.63, 3.8) is 0 Å². The highest BCUT2D eigenvalue weighted by molar-refractivity contribution is 6.21. The molecule has 4 aliphatic carbocycles. The lowest BCUT2D eigenvalue weighted by Gasteiger charge is -2.58. The van der Waals surface area contributed by atoms with Gasteiger partial charge in [-0.15, -0.1) is 11.6 Å². The highest BCUT2D eigenvalue weighted by atomic mass is 35.5. The van der Waals surface area contributed by atoms with Crippen LogP contribution in [0, 0.1) is 23.2 Å². The van der Waals surface area contributed by atoms with Gasteiger partial charge in [0.25, 0.3) is 0 Å². The van der Waals surface area contributed by atoms with Gasteiger partial charge in [-0.25, -0.2) is 0 Å². The van der Waals surface area contributed by atoms with Gasteiger partial charge in [0.2, 0.25) is 0 Å². The summed E-state index contributed by atoms with van der Waals surface area (Å²) in [6, 6.07) is 0. The van der Waals surface area contributed by atoms with Crippen LogP contribution in [-0.2, 0) is 0 Å². The first kappa shape index (κ1) is 7.67. The van der Waals surface area contributed by atoms with Crippen molar-refractivity contribution < 1.29 is 0 Å². The van der Waals surface area contributed by atoms with Crippen molar-refractivity contribution in [1.82, 2.24) is 0 Å². The van der Waals surface area contributed by atoms with Gasteiger partial charge in [0.15, 0.2) is 0 Å². The van der Waals surface area contributed by atoms with Gasteiger partial charge in [-0.05, 0) is 55.3 Å². The van der Waals surface area contributed by atoms with Crippen LogP contribution in [0.5, 0.6) is 0 Å². The lowest BCUT2D eigenvalue weighted by Crippen LogP contribution is -2.52. The number of hydrogen-bond acceptors (Lipinski definition) is 0. The minimum atomic E-state index is 0.505. The summed E-state index contributed by atoms with van der Waals surface area (Å²) < 4.78 is 0. The Balaban J connectivity index is 1.97. The van der Waals surface area contributed by atoms with E-state index in [0.717, 1.165) is 17.8 Å². The van der Waals surface area contributed by atoms with Gasteiger partial charge in [-0.3, -0.25) is 0 Å². The molecule has 0 radical (unpaired) electrons. The summed E-state index contributed by atoms with van der Waals surface area (Å²) in [5.74, 6) is 2.97. The van der Waals surface area contributed by atoms with Crippen LogP contribution in [0.25, 0.3) is 0 Å². The fourth-order valence-electron chi connectivity index (χ4n) is 4.39. The second-order valence-corrected chi connectivity index (χ2v) is 6.13. The first-order valence-corrected chi connectivity index (χ1v) is 5.75. The molecule has 0 amide bonds. The molecule has 0 spiro atoms. The van der Waals surface area contributed by atoms with Gasteiger partial charge in [0, 0.05) is 5.38 Å². The monoisotopic (exact) mass is 184 g/mol. The Hall–Kier alpha value is 0.290. The van der Waals surface area contributed by atoms with E-state index in [0.29, 0.717) is 10.8 Å². The largest absolute Gasteiger partial charge is 0.122 e. The average molecular weight is 185 g/mol. The summed E-state index contributed by atoms with van der Waals surface area (Å²) in [5.41, 5.74) is 0.524. The van der Waals surface area contributed by atoms with Gasteiger partial charge in [-0.1, -0.05) is 6.92 Å². The van der Waals surface area contributed by atoms with Crippen LogP contribution in [0.3, 0.4) is 0 Å². The summed E-state index contributed by atoms with van der Waals surface area (Å²) in [6.07, 6.45) is 7.26. The molecule has 0 aromatic rings. The second kappa shape index (κ2) is 2.20. The summed E-state index contributed by atoms with van der Waals surface area (Å²) >= 11 is 6.51. The predicted octanol–water partition coefficient (Wildman–Crippen LogP) is 3.44. The molecule has 4 aliphatic rings. The molecule has 4 rings (SSSR count). The van der Waals surface area contributed by atoms with E-state index in [1.807, 2.05) is 0 Å². The zero-order valence-electron chi connectivity index (χ0n) is 7.72. The normalized spacial score (nSPS) is 62.5. The third-order valence-corrected chi connectivity index (χ3v) is 5.41. The topological polar surface area (TPSA) is 0 Å². The Morgan fingerprint density at radius 1 is 1.08 bits per heavy atom. The number of hydrogen-bond donors (Lipinski definition) is 0. The van der Waals surface area contributed by atoms with Crippen LogP contribution in [0.2, 0.25) is 0 Å². The predicted molar refractivity (Wildman–Crippen MR) is 51.3 cm³/mol. The third-order valence-electron chi connectivity index (χ3n) is 4.53. The van der Waals surface area contributed by atoms with Crippen molar-refractivity contribution in [2.75, 3.05) is 0 Å². The average Bonchev–Trinajstić information content (AvgIpc) is 1.98. The van der Waals surface area contributed by atoms with Gasteiger partial charge in [0.05, 0.1) is 0 Å². The van der Waals surface area contributed by atoms with E-state index in [4.69, 9.17) is 11.6 Å². The Morgan fingerprint density at radius 2 is 1.67 bits per heavy atom. The first-order chi connectivity index (χ1) is 5.67. The SMILES string of the molecule is CC12C[C@@H]3CC(C[C@@H](C3)C1)[C@H]2Cl. The molecule has 4 bridgehead atoms. The minimum Gasteiger partial charge on any atom is -0.122 e. The third kappa shape index (κ3) is 0.852. The van der Waals surface area contributed by atoms with Gasteiger partial charge in [0.1, 0.15) is 0 Å². The highest BCUT2D eigenvalue weighted by Gasteiger charge is 2.53. The Labute approximate surface area is 79.7 Å². The van der Waals surface area contributed by atoms with Crippen LogP contribution in [0.15, 0.2) is 0 Å². The number of rotatable bonds is 0. The zero-order valence-corrected chi connectivity index (χ0v) is 8.48. The maximum Gasteiger partial charge on any atom is 0.0418 e. The molecule has 0 N–H and O–H groups in total. The smallest absolute Gasteiger partial charge is 0.0418 e. The molecule has 0 aliphatic heterocycles. The van der Waals surface area contributed by atoms with Crippen LogP contribution in [0.1, 0.15) is 39.0 Å². The maximum absolute atomic E-state index is 6.51. The molecule has 68 valence electrons. The number of alkyl halides is 1. The van der Waals surface area contributed by atoms with Crippen molar-refractivity contribution >= 4 is 11.6 Å². The van der Waals surface area contributed by atoms with Crippen molar-refractivity contribution in [2.45, 2.75) is 44.4 Å². The molecule has 0 heterocycles. The van der Waals surface area contributed by atoms with E-state index in [-0.39, 0.29) is 0 Å². The second-order valence-electron chi connectivity index (χ2n) is 5.66. The fraction of sp³-hybridized carbons (Fsp3) is 1.00. The molecule has 4 saturated carbocycles. The fourth-order valence-corrected chi connectivity index (χ4v) is 4.77. The summed E-state index contributed by atoms with van der Waals surface area (Å²) in [7, 11) is 0. The van der Waals surface area contributed by atoms with E-state index in [9.17, 15) is 0 Å². The molecule has 0 aromatic carbocycles. The molecule has 1 heteroatoms. The van der Waals surface area contributed by atoms with Crippen molar-refractivity contribution in [1.29, 1.82) is 0 Å².